The minimum Gasteiger partial charge on any atom is -0.399 e. The quantitative estimate of drug-likeness (QED) is 0.777. The molecule has 5 heteroatoms. The fourth-order valence-electron chi connectivity index (χ4n) is 1.62. The van der Waals surface area contributed by atoms with Crippen molar-refractivity contribution in [2.75, 3.05) is 26.4 Å². The minimum absolute atomic E-state index is 0.0420. The molecular formula is C14H21N3O2. The lowest BCUT2D eigenvalue weighted by Crippen LogP contribution is -2.36. The number of anilines is 1. The van der Waals surface area contributed by atoms with Crippen LogP contribution in [-0.2, 0) is 9.59 Å². The molecule has 1 unspecified atom stereocenters. The molecule has 0 aliphatic heterocycles. The molecule has 0 heterocycles. The van der Waals surface area contributed by atoms with Crippen LogP contribution in [0.4, 0.5) is 5.69 Å². The molecule has 0 saturated heterocycles. The van der Waals surface area contributed by atoms with Crippen molar-refractivity contribution in [3.05, 3.63) is 29.8 Å². The van der Waals surface area contributed by atoms with Gasteiger partial charge in [-0.3, -0.25) is 9.59 Å². The van der Waals surface area contributed by atoms with Gasteiger partial charge in [0.15, 0.2) is 0 Å². The van der Waals surface area contributed by atoms with Crippen molar-refractivity contribution in [2.45, 2.75) is 19.3 Å². The zero-order chi connectivity index (χ0) is 14.4. The molecule has 104 valence electrons. The highest BCUT2D eigenvalue weighted by Gasteiger charge is 2.12. The molecule has 0 radical (unpaired) electrons. The Hall–Kier alpha value is -2.04. The second-order valence-corrected chi connectivity index (χ2v) is 4.84. The van der Waals surface area contributed by atoms with E-state index in [2.05, 4.69) is 5.32 Å². The number of carbonyl (C=O) groups excluding carboxylic acids is 2. The third-order valence-corrected chi connectivity index (χ3v) is 2.93. The predicted molar refractivity (Wildman–Crippen MR) is 75.6 cm³/mol. The molecule has 0 bridgehead atoms. The summed E-state index contributed by atoms with van der Waals surface area (Å²) in [7, 11) is 3.32. The molecule has 0 spiro atoms. The van der Waals surface area contributed by atoms with Crippen LogP contribution in [0.1, 0.15) is 24.8 Å². The van der Waals surface area contributed by atoms with Gasteiger partial charge < -0.3 is 16.0 Å². The molecule has 1 atom stereocenters. The van der Waals surface area contributed by atoms with Crippen molar-refractivity contribution in [3.8, 4) is 0 Å². The average molecular weight is 263 g/mol. The summed E-state index contributed by atoms with van der Waals surface area (Å²) in [6, 6.07) is 7.47. The van der Waals surface area contributed by atoms with Crippen molar-refractivity contribution in [2.24, 2.45) is 0 Å². The number of hydrogen-bond donors (Lipinski definition) is 2. The zero-order valence-corrected chi connectivity index (χ0v) is 11.6. The lowest BCUT2D eigenvalue weighted by molar-refractivity contribution is -0.131. The van der Waals surface area contributed by atoms with E-state index in [9.17, 15) is 9.59 Å². The molecule has 0 fully saturated rings. The zero-order valence-electron chi connectivity index (χ0n) is 11.6. The van der Waals surface area contributed by atoms with E-state index in [-0.39, 0.29) is 24.3 Å². The monoisotopic (exact) mass is 263 g/mol. The topological polar surface area (TPSA) is 75.4 Å². The summed E-state index contributed by atoms with van der Waals surface area (Å²) in [6.07, 6.45) is 0.352. The smallest absolute Gasteiger partial charge is 0.241 e. The molecule has 0 saturated carbocycles. The van der Waals surface area contributed by atoms with Gasteiger partial charge in [0.25, 0.3) is 0 Å². The highest BCUT2D eigenvalue weighted by Crippen LogP contribution is 2.19. The lowest BCUT2D eigenvalue weighted by Gasteiger charge is -2.14. The van der Waals surface area contributed by atoms with E-state index in [1.165, 1.54) is 4.90 Å². The number of hydrogen-bond acceptors (Lipinski definition) is 3. The SMILES string of the molecule is CC(CC(=O)NCC(=O)N(C)C)c1ccc(N)cc1. The Bertz CT molecular complexity index is 441. The standard InChI is InChI=1S/C14H21N3O2/c1-10(11-4-6-12(15)7-5-11)8-13(18)16-9-14(19)17(2)3/h4-7,10H,8-9,15H2,1-3H3,(H,16,18). The van der Waals surface area contributed by atoms with Gasteiger partial charge in [-0.05, 0) is 23.6 Å². The Morgan fingerprint density at radius 3 is 2.37 bits per heavy atom. The van der Waals surface area contributed by atoms with Gasteiger partial charge >= 0.3 is 0 Å². The maximum absolute atomic E-state index is 11.7. The molecule has 1 aromatic rings. The van der Waals surface area contributed by atoms with Crippen LogP contribution in [0.3, 0.4) is 0 Å². The molecule has 19 heavy (non-hydrogen) atoms. The van der Waals surface area contributed by atoms with E-state index in [0.29, 0.717) is 12.1 Å². The van der Waals surface area contributed by atoms with Gasteiger partial charge in [0.1, 0.15) is 0 Å². The molecule has 1 rings (SSSR count). The maximum atomic E-state index is 11.7. The first kappa shape index (κ1) is 15.0. The molecule has 0 aliphatic rings. The molecular weight excluding hydrogens is 242 g/mol. The van der Waals surface area contributed by atoms with Gasteiger partial charge in [-0.15, -0.1) is 0 Å². The van der Waals surface area contributed by atoms with E-state index >= 15 is 0 Å². The first-order valence-corrected chi connectivity index (χ1v) is 6.22. The fourth-order valence-corrected chi connectivity index (χ4v) is 1.62. The maximum Gasteiger partial charge on any atom is 0.241 e. The van der Waals surface area contributed by atoms with E-state index in [1.807, 2.05) is 31.2 Å². The van der Waals surface area contributed by atoms with E-state index in [0.717, 1.165) is 5.56 Å². The van der Waals surface area contributed by atoms with Crippen molar-refractivity contribution in [1.29, 1.82) is 0 Å². The Morgan fingerprint density at radius 1 is 1.26 bits per heavy atom. The predicted octanol–water partition coefficient (Wildman–Crippen LogP) is 0.967. The Kier molecular flexibility index (Phi) is 5.36. The Morgan fingerprint density at radius 2 is 1.84 bits per heavy atom. The third kappa shape index (κ3) is 4.99. The number of nitrogens with two attached hydrogens (primary N) is 1. The summed E-state index contributed by atoms with van der Waals surface area (Å²) in [5.74, 6) is -0.150. The van der Waals surface area contributed by atoms with Gasteiger partial charge in [-0.1, -0.05) is 19.1 Å². The van der Waals surface area contributed by atoms with Crippen molar-refractivity contribution >= 4 is 17.5 Å². The number of nitrogens with zero attached hydrogens (tertiary/aromatic N) is 1. The number of carbonyl (C=O) groups is 2. The van der Waals surface area contributed by atoms with Crippen LogP contribution in [0.2, 0.25) is 0 Å². The summed E-state index contributed by atoms with van der Waals surface area (Å²) in [5, 5.41) is 2.62. The molecule has 5 nitrogen and oxygen atoms in total. The molecule has 0 aliphatic carbocycles. The highest BCUT2D eigenvalue weighted by atomic mass is 16.2. The number of amides is 2. The second kappa shape index (κ2) is 6.78. The highest BCUT2D eigenvalue weighted by molar-refractivity contribution is 5.84. The van der Waals surface area contributed by atoms with E-state index < -0.39 is 0 Å². The van der Waals surface area contributed by atoms with Gasteiger partial charge in [0, 0.05) is 26.2 Å². The summed E-state index contributed by atoms with van der Waals surface area (Å²) >= 11 is 0. The fraction of sp³-hybridized carbons (Fsp3) is 0.429. The summed E-state index contributed by atoms with van der Waals surface area (Å²) in [5.41, 5.74) is 7.38. The van der Waals surface area contributed by atoms with Crippen LogP contribution in [0.5, 0.6) is 0 Å². The van der Waals surface area contributed by atoms with E-state index in [4.69, 9.17) is 5.73 Å². The Labute approximate surface area is 113 Å². The van der Waals surface area contributed by atoms with Crippen LogP contribution in [0, 0.1) is 0 Å². The second-order valence-electron chi connectivity index (χ2n) is 4.84. The minimum atomic E-state index is -0.125. The van der Waals surface area contributed by atoms with Crippen LogP contribution in [0.25, 0.3) is 0 Å². The Balaban J connectivity index is 2.44. The molecule has 1 aromatic carbocycles. The van der Waals surface area contributed by atoms with Gasteiger partial charge in [0.2, 0.25) is 11.8 Å². The summed E-state index contributed by atoms with van der Waals surface area (Å²) in [4.78, 5) is 24.5. The van der Waals surface area contributed by atoms with Gasteiger partial charge in [0.05, 0.1) is 6.54 Å². The van der Waals surface area contributed by atoms with Crippen LogP contribution in [-0.4, -0.2) is 37.4 Å². The number of nitrogens with one attached hydrogen (secondary N) is 1. The number of nitrogen functional groups attached to an aromatic ring is 1. The van der Waals surface area contributed by atoms with Crippen LogP contribution < -0.4 is 11.1 Å². The number of likely N-dealkylation sites (N-methyl/N-ethyl adjacent to an activating group) is 1. The van der Waals surface area contributed by atoms with Crippen LogP contribution in [0.15, 0.2) is 24.3 Å². The molecule has 3 N–H and O–H groups in total. The normalized spacial score (nSPS) is 11.7. The average Bonchev–Trinajstić information content (AvgIpc) is 2.36. The van der Waals surface area contributed by atoms with Crippen LogP contribution >= 0.6 is 0 Å². The number of rotatable bonds is 5. The number of benzene rings is 1. The van der Waals surface area contributed by atoms with Crippen molar-refractivity contribution < 1.29 is 9.59 Å². The van der Waals surface area contributed by atoms with Crippen molar-refractivity contribution in [1.82, 2.24) is 10.2 Å². The van der Waals surface area contributed by atoms with E-state index in [1.54, 1.807) is 14.1 Å². The van der Waals surface area contributed by atoms with Gasteiger partial charge in [-0.2, -0.15) is 0 Å². The molecule has 0 aromatic heterocycles. The summed E-state index contributed by atoms with van der Waals surface area (Å²) < 4.78 is 0. The van der Waals surface area contributed by atoms with Gasteiger partial charge in [-0.25, -0.2) is 0 Å². The lowest BCUT2D eigenvalue weighted by atomic mass is 9.97. The summed E-state index contributed by atoms with van der Waals surface area (Å²) in [6.45, 7) is 2.01. The first-order chi connectivity index (χ1) is 8.90. The van der Waals surface area contributed by atoms with Crippen molar-refractivity contribution in [3.63, 3.8) is 0 Å². The first-order valence-electron chi connectivity index (χ1n) is 6.22. The molecule has 2 amide bonds. The third-order valence-electron chi connectivity index (χ3n) is 2.93. The largest absolute Gasteiger partial charge is 0.399 e.